The Morgan fingerprint density at radius 1 is 1.47 bits per heavy atom. The van der Waals surface area contributed by atoms with Gasteiger partial charge in [-0.05, 0) is 38.0 Å². The Balaban J connectivity index is 3.08. The Kier molecular flexibility index (Phi) is 5.04. The van der Waals surface area contributed by atoms with E-state index >= 15 is 0 Å². The molecule has 106 valence electrons. The summed E-state index contributed by atoms with van der Waals surface area (Å²) < 4.78 is 26.5. The molecule has 1 aromatic rings. The second-order valence-electron chi connectivity index (χ2n) is 4.38. The molecule has 0 spiro atoms. The summed E-state index contributed by atoms with van der Waals surface area (Å²) >= 11 is 0. The molecule has 0 aliphatic rings. The molecule has 1 aromatic carbocycles. The third-order valence-corrected chi connectivity index (χ3v) is 4.29. The van der Waals surface area contributed by atoms with Crippen molar-refractivity contribution in [3.63, 3.8) is 0 Å². The number of hydrogen-bond acceptors (Lipinski definition) is 4. The van der Waals surface area contributed by atoms with Gasteiger partial charge >= 0.3 is 0 Å². The number of carbonyl (C=O) groups excluding carboxylic acids is 1. The lowest BCUT2D eigenvalue weighted by Crippen LogP contribution is -2.33. The Morgan fingerprint density at radius 2 is 2.11 bits per heavy atom. The third-order valence-electron chi connectivity index (χ3n) is 2.70. The van der Waals surface area contributed by atoms with E-state index in [1.807, 2.05) is 0 Å². The first-order valence-electron chi connectivity index (χ1n) is 5.81. The highest BCUT2D eigenvalue weighted by Gasteiger charge is 2.19. The van der Waals surface area contributed by atoms with Crippen molar-refractivity contribution in [2.75, 3.05) is 6.61 Å². The summed E-state index contributed by atoms with van der Waals surface area (Å²) in [5.41, 5.74) is 5.99. The third kappa shape index (κ3) is 4.02. The molecule has 0 aliphatic carbocycles. The van der Waals surface area contributed by atoms with E-state index < -0.39 is 22.0 Å². The van der Waals surface area contributed by atoms with E-state index in [2.05, 4.69) is 4.72 Å². The zero-order valence-electron chi connectivity index (χ0n) is 10.9. The van der Waals surface area contributed by atoms with Gasteiger partial charge in [-0.25, -0.2) is 13.1 Å². The highest BCUT2D eigenvalue weighted by atomic mass is 32.2. The summed E-state index contributed by atoms with van der Waals surface area (Å²) in [6.07, 6.45) is 0.313. The fourth-order valence-electron chi connectivity index (χ4n) is 1.62. The van der Waals surface area contributed by atoms with E-state index in [0.717, 1.165) is 0 Å². The number of nitrogens with two attached hydrogens (primary N) is 1. The minimum Gasteiger partial charge on any atom is -0.396 e. The maximum absolute atomic E-state index is 12.1. The van der Waals surface area contributed by atoms with Crippen molar-refractivity contribution in [3.8, 4) is 0 Å². The van der Waals surface area contributed by atoms with Gasteiger partial charge in [0.15, 0.2) is 0 Å². The number of aliphatic hydroxyl groups excluding tert-OH is 1. The Morgan fingerprint density at radius 3 is 2.63 bits per heavy atom. The van der Waals surface area contributed by atoms with Crippen LogP contribution >= 0.6 is 0 Å². The van der Waals surface area contributed by atoms with Crippen molar-refractivity contribution in [1.82, 2.24) is 4.72 Å². The van der Waals surface area contributed by atoms with Gasteiger partial charge in [-0.2, -0.15) is 0 Å². The van der Waals surface area contributed by atoms with Crippen LogP contribution in [-0.4, -0.2) is 32.1 Å². The van der Waals surface area contributed by atoms with Crippen molar-refractivity contribution in [2.45, 2.75) is 31.2 Å². The van der Waals surface area contributed by atoms with Gasteiger partial charge in [0, 0.05) is 18.2 Å². The summed E-state index contributed by atoms with van der Waals surface area (Å²) in [5, 5.41) is 8.76. The van der Waals surface area contributed by atoms with Gasteiger partial charge in [0.2, 0.25) is 15.9 Å². The normalized spacial score (nSPS) is 13.2. The van der Waals surface area contributed by atoms with Gasteiger partial charge in [-0.1, -0.05) is 6.07 Å². The average Bonchev–Trinajstić information content (AvgIpc) is 2.28. The average molecular weight is 286 g/mol. The van der Waals surface area contributed by atoms with Gasteiger partial charge in [0.05, 0.1) is 4.90 Å². The van der Waals surface area contributed by atoms with Crippen molar-refractivity contribution < 1.29 is 18.3 Å². The number of primary amides is 1. The maximum Gasteiger partial charge on any atom is 0.249 e. The van der Waals surface area contributed by atoms with Crippen LogP contribution in [0.4, 0.5) is 0 Å². The molecule has 0 heterocycles. The van der Waals surface area contributed by atoms with Crippen LogP contribution in [0.15, 0.2) is 23.1 Å². The molecule has 0 aromatic heterocycles. The highest BCUT2D eigenvalue weighted by Crippen LogP contribution is 2.15. The highest BCUT2D eigenvalue weighted by molar-refractivity contribution is 7.89. The molecular weight excluding hydrogens is 268 g/mol. The smallest absolute Gasteiger partial charge is 0.249 e. The molecule has 6 nitrogen and oxygen atoms in total. The number of aryl methyl sites for hydroxylation is 1. The molecule has 0 aliphatic heterocycles. The number of nitrogens with one attached hydrogen (secondary N) is 1. The second-order valence-corrected chi connectivity index (χ2v) is 6.09. The number of hydrogen-bond donors (Lipinski definition) is 3. The summed E-state index contributed by atoms with van der Waals surface area (Å²) in [6.45, 7) is 3.22. The largest absolute Gasteiger partial charge is 0.396 e. The molecule has 0 saturated carbocycles. The summed E-state index contributed by atoms with van der Waals surface area (Å²) in [7, 11) is -3.72. The van der Waals surface area contributed by atoms with Gasteiger partial charge < -0.3 is 10.8 Å². The van der Waals surface area contributed by atoms with E-state index in [1.54, 1.807) is 13.8 Å². The van der Waals surface area contributed by atoms with Crippen LogP contribution in [0.1, 0.15) is 29.3 Å². The van der Waals surface area contributed by atoms with E-state index in [9.17, 15) is 13.2 Å². The van der Waals surface area contributed by atoms with Crippen molar-refractivity contribution in [2.24, 2.45) is 5.73 Å². The minimum atomic E-state index is -3.72. The van der Waals surface area contributed by atoms with Crippen molar-refractivity contribution >= 4 is 15.9 Å². The molecule has 19 heavy (non-hydrogen) atoms. The van der Waals surface area contributed by atoms with E-state index in [4.69, 9.17) is 10.8 Å². The zero-order chi connectivity index (χ0) is 14.6. The minimum absolute atomic E-state index is 0.0170. The fraction of sp³-hybridized carbons (Fsp3) is 0.417. The standard InChI is InChI=1S/C12H18N2O4S/c1-8-3-4-10(7-11(8)12(13)16)19(17,18)14-9(2)5-6-15/h3-4,7,9,14-15H,5-6H2,1-2H3,(H2,13,16). The monoisotopic (exact) mass is 286 g/mol. The van der Waals surface area contributed by atoms with Gasteiger partial charge in [-0.3, -0.25) is 4.79 Å². The lowest BCUT2D eigenvalue weighted by atomic mass is 10.1. The molecule has 1 atom stereocenters. The Labute approximate surface area is 112 Å². The summed E-state index contributed by atoms with van der Waals surface area (Å²) in [4.78, 5) is 11.2. The topological polar surface area (TPSA) is 109 Å². The zero-order valence-corrected chi connectivity index (χ0v) is 11.7. The molecule has 7 heteroatoms. The van der Waals surface area contributed by atoms with E-state index in [0.29, 0.717) is 12.0 Å². The maximum atomic E-state index is 12.1. The second kappa shape index (κ2) is 6.14. The quantitative estimate of drug-likeness (QED) is 0.691. The number of carbonyl (C=O) groups is 1. The van der Waals surface area contributed by atoms with Crippen molar-refractivity contribution in [3.05, 3.63) is 29.3 Å². The first kappa shape index (κ1) is 15.6. The van der Waals surface area contributed by atoms with Crippen LogP contribution in [0.5, 0.6) is 0 Å². The number of benzene rings is 1. The van der Waals surface area contributed by atoms with Crippen LogP contribution < -0.4 is 10.5 Å². The number of aliphatic hydroxyl groups is 1. The molecule has 0 fully saturated rings. The number of sulfonamides is 1. The molecule has 1 unspecified atom stereocenters. The van der Waals surface area contributed by atoms with Crippen molar-refractivity contribution in [1.29, 1.82) is 0 Å². The van der Waals surface area contributed by atoms with Gasteiger partial charge in [0.25, 0.3) is 0 Å². The van der Waals surface area contributed by atoms with Crippen LogP contribution in [0, 0.1) is 6.92 Å². The molecular formula is C12H18N2O4S. The van der Waals surface area contributed by atoms with Gasteiger partial charge in [-0.15, -0.1) is 0 Å². The lowest BCUT2D eigenvalue weighted by molar-refractivity contribution is 0.0999. The fourth-order valence-corrected chi connectivity index (χ4v) is 2.92. The molecule has 1 rings (SSSR count). The van der Waals surface area contributed by atoms with Crippen LogP contribution in [0.3, 0.4) is 0 Å². The Bertz CT molecular complexity index is 569. The molecule has 0 bridgehead atoms. The van der Waals surface area contributed by atoms with E-state index in [-0.39, 0.29) is 17.1 Å². The van der Waals surface area contributed by atoms with Crippen LogP contribution in [0.2, 0.25) is 0 Å². The lowest BCUT2D eigenvalue weighted by Gasteiger charge is -2.13. The number of amides is 1. The molecule has 0 saturated heterocycles. The first-order chi connectivity index (χ1) is 8.77. The molecule has 1 amide bonds. The molecule has 0 radical (unpaired) electrons. The SMILES string of the molecule is Cc1ccc(S(=O)(=O)NC(C)CCO)cc1C(N)=O. The first-order valence-corrected chi connectivity index (χ1v) is 7.30. The van der Waals surface area contributed by atoms with Crippen LogP contribution in [-0.2, 0) is 10.0 Å². The summed E-state index contributed by atoms with van der Waals surface area (Å²) in [5.74, 6) is -0.669. The van der Waals surface area contributed by atoms with Gasteiger partial charge in [0.1, 0.15) is 0 Å². The predicted octanol–water partition coefficient (Wildman–Crippen LogP) is 0.143. The predicted molar refractivity (Wildman–Crippen MR) is 71.2 cm³/mol. The molecule has 4 N–H and O–H groups in total. The summed E-state index contributed by atoms with van der Waals surface area (Å²) in [6, 6.07) is 3.81. The Hall–Kier alpha value is -1.44. The van der Waals surface area contributed by atoms with E-state index in [1.165, 1.54) is 18.2 Å². The van der Waals surface area contributed by atoms with Crippen LogP contribution in [0.25, 0.3) is 0 Å². The number of rotatable bonds is 6.